The summed E-state index contributed by atoms with van der Waals surface area (Å²) in [6, 6.07) is 17.0. The number of rotatable bonds is 8. The van der Waals surface area contributed by atoms with Gasteiger partial charge in [-0.15, -0.1) is 0 Å². The average Bonchev–Trinajstić information content (AvgIpc) is 2.89. The Bertz CT molecular complexity index is 1140. The van der Waals surface area contributed by atoms with Crippen LogP contribution in [0, 0.1) is 5.92 Å². The molecular formula is C27H27ClF3N3O2. The molecule has 36 heavy (non-hydrogen) atoms. The normalized spacial score (nSPS) is 15.3. The predicted molar refractivity (Wildman–Crippen MR) is 132 cm³/mol. The summed E-state index contributed by atoms with van der Waals surface area (Å²) in [6.45, 7) is 1.69. The summed E-state index contributed by atoms with van der Waals surface area (Å²) in [4.78, 5) is 20.1. The number of ether oxygens (including phenoxy) is 1. The lowest BCUT2D eigenvalue weighted by Crippen LogP contribution is -2.45. The van der Waals surface area contributed by atoms with Crippen molar-refractivity contribution in [2.75, 3.05) is 26.2 Å². The number of aromatic nitrogens is 1. The van der Waals surface area contributed by atoms with E-state index in [1.54, 1.807) is 29.3 Å². The maximum Gasteiger partial charge on any atom is 0.416 e. The molecule has 1 amide bonds. The van der Waals surface area contributed by atoms with Crippen molar-refractivity contribution in [3.8, 4) is 5.75 Å². The van der Waals surface area contributed by atoms with Crippen molar-refractivity contribution in [3.63, 3.8) is 0 Å². The second-order valence-electron chi connectivity index (χ2n) is 8.64. The highest BCUT2D eigenvalue weighted by molar-refractivity contribution is 6.30. The van der Waals surface area contributed by atoms with Gasteiger partial charge in [0.2, 0.25) is 5.91 Å². The molecule has 1 aliphatic heterocycles. The molecule has 1 aromatic heterocycles. The number of hydrogen-bond acceptors (Lipinski definition) is 4. The Morgan fingerprint density at radius 1 is 1.08 bits per heavy atom. The quantitative estimate of drug-likeness (QED) is 0.413. The van der Waals surface area contributed by atoms with Gasteiger partial charge in [-0.3, -0.25) is 9.78 Å². The van der Waals surface area contributed by atoms with Crippen molar-refractivity contribution >= 4 is 17.5 Å². The Hall–Kier alpha value is -3.10. The topological polar surface area (TPSA) is 54.5 Å². The van der Waals surface area contributed by atoms with Crippen LogP contribution in [0.4, 0.5) is 13.2 Å². The molecule has 0 bridgehead atoms. The van der Waals surface area contributed by atoms with Crippen molar-refractivity contribution in [2.45, 2.75) is 25.1 Å². The monoisotopic (exact) mass is 517 g/mol. The molecule has 1 saturated heterocycles. The van der Waals surface area contributed by atoms with Gasteiger partial charge in [0.15, 0.2) is 0 Å². The van der Waals surface area contributed by atoms with Crippen LogP contribution in [0.2, 0.25) is 5.02 Å². The molecule has 0 spiro atoms. The van der Waals surface area contributed by atoms with E-state index in [1.165, 1.54) is 12.1 Å². The van der Waals surface area contributed by atoms with Crippen LogP contribution in [-0.2, 0) is 11.0 Å². The molecule has 1 atom stereocenters. The van der Waals surface area contributed by atoms with E-state index in [1.807, 2.05) is 24.3 Å². The molecule has 2 heterocycles. The molecule has 0 radical (unpaired) electrons. The lowest BCUT2D eigenvalue weighted by molar-refractivity contribution is -0.138. The third-order valence-electron chi connectivity index (χ3n) is 6.20. The standard InChI is InChI=1S/C27H27ClF3N3O2/c28-22-9-7-19(8-10-22)25(24-6-1-2-13-33-24)34(26(35)20-11-14-32-15-12-20)16-17-36-23-5-3-4-21(18-23)27(29,30)31/h1-10,13,18,20,25,32H,11-12,14-17H2/t25-/m0/s1. The zero-order valence-electron chi connectivity index (χ0n) is 19.5. The molecule has 1 aliphatic rings. The van der Waals surface area contributed by atoms with Crippen LogP contribution >= 0.6 is 11.6 Å². The maximum absolute atomic E-state index is 13.8. The Morgan fingerprint density at radius 2 is 1.83 bits per heavy atom. The number of benzene rings is 2. The van der Waals surface area contributed by atoms with Crippen LogP contribution in [0.15, 0.2) is 72.9 Å². The van der Waals surface area contributed by atoms with E-state index in [0.29, 0.717) is 23.6 Å². The van der Waals surface area contributed by atoms with Gasteiger partial charge in [0.1, 0.15) is 12.4 Å². The minimum absolute atomic E-state index is 0.0228. The molecule has 0 aliphatic carbocycles. The first-order chi connectivity index (χ1) is 17.3. The van der Waals surface area contributed by atoms with E-state index in [2.05, 4.69) is 10.3 Å². The Morgan fingerprint density at radius 3 is 2.50 bits per heavy atom. The number of amides is 1. The number of piperidine rings is 1. The maximum atomic E-state index is 13.8. The van der Waals surface area contributed by atoms with Gasteiger partial charge in [0.25, 0.3) is 0 Å². The van der Waals surface area contributed by atoms with Gasteiger partial charge in [-0.1, -0.05) is 35.9 Å². The van der Waals surface area contributed by atoms with Crippen LogP contribution < -0.4 is 10.1 Å². The first-order valence-electron chi connectivity index (χ1n) is 11.8. The smallest absolute Gasteiger partial charge is 0.416 e. The van der Waals surface area contributed by atoms with Crippen molar-refractivity contribution in [1.29, 1.82) is 0 Å². The summed E-state index contributed by atoms with van der Waals surface area (Å²) in [5.41, 5.74) is 0.732. The highest BCUT2D eigenvalue weighted by atomic mass is 35.5. The molecule has 1 fully saturated rings. The second-order valence-corrected chi connectivity index (χ2v) is 9.08. The lowest BCUT2D eigenvalue weighted by atomic mass is 9.93. The van der Waals surface area contributed by atoms with E-state index in [0.717, 1.165) is 30.8 Å². The predicted octanol–water partition coefficient (Wildman–Crippen LogP) is 5.75. The minimum Gasteiger partial charge on any atom is -0.492 e. The Balaban J connectivity index is 1.62. The zero-order valence-corrected chi connectivity index (χ0v) is 20.3. The summed E-state index contributed by atoms with van der Waals surface area (Å²) in [5, 5.41) is 3.85. The molecule has 0 saturated carbocycles. The third kappa shape index (κ3) is 6.56. The number of hydrogen-bond donors (Lipinski definition) is 1. The highest BCUT2D eigenvalue weighted by Gasteiger charge is 2.33. The average molecular weight is 518 g/mol. The van der Waals surface area contributed by atoms with Gasteiger partial charge >= 0.3 is 6.18 Å². The molecule has 190 valence electrons. The van der Waals surface area contributed by atoms with Gasteiger partial charge in [-0.25, -0.2) is 0 Å². The fourth-order valence-electron chi connectivity index (χ4n) is 4.39. The van der Waals surface area contributed by atoms with Crippen LogP contribution in [0.25, 0.3) is 0 Å². The second kappa shape index (κ2) is 11.8. The third-order valence-corrected chi connectivity index (χ3v) is 6.45. The number of carbonyl (C=O) groups is 1. The molecule has 2 aromatic carbocycles. The molecule has 4 rings (SSSR count). The zero-order chi connectivity index (χ0) is 25.5. The first-order valence-corrected chi connectivity index (χ1v) is 12.2. The lowest BCUT2D eigenvalue weighted by Gasteiger charge is -2.35. The molecule has 0 unspecified atom stereocenters. The molecule has 1 N–H and O–H groups in total. The number of halogens is 4. The molecule has 9 heteroatoms. The Kier molecular flexibility index (Phi) is 8.48. The van der Waals surface area contributed by atoms with Crippen LogP contribution in [0.1, 0.15) is 35.7 Å². The van der Waals surface area contributed by atoms with E-state index >= 15 is 0 Å². The Labute approximate surface area is 213 Å². The van der Waals surface area contributed by atoms with Crippen molar-refractivity contribution in [2.24, 2.45) is 5.92 Å². The molecule has 3 aromatic rings. The number of alkyl halides is 3. The van der Waals surface area contributed by atoms with Crippen LogP contribution in [-0.4, -0.2) is 42.0 Å². The fourth-order valence-corrected chi connectivity index (χ4v) is 4.51. The number of pyridine rings is 1. The van der Waals surface area contributed by atoms with E-state index in [4.69, 9.17) is 16.3 Å². The fraction of sp³-hybridized carbons (Fsp3) is 0.333. The van der Waals surface area contributed by atoms with Gasteiger partial charge in [-0.05, 0) is 74.0 Å². The van der Waals surface area contributed by atoms with Crippen LogP contribution in [0.3, 0.4) is 0 Å². The van der Waals surface area contributed by atoms with Gasteiger partial charge in [-0.2, -0.15) is 13.2 Å². The first kappa shape index (κ1) is 26.0. The molecule has 5 nitrogen and oxygen atoms in total. The number of nitrogens with one attached hydrogen (secondary N) is 1. The minimum atomic E-state index is -4.46. The van der Waals surface area contributed by atoms with Crippen LogP contribution in [0.5, 0.6) is 5.75 Å². The van der Waals surface area contributed by atoms with E-state index in [9.17, 15) is 18.0 Å². The SMILES string of the molecule is O=C(C1CCNCC1)N(CCOc1cccc(C(F)(F)F)c1)[C@@H](c1ccc(Cl)cc1)c1ccccn1. The van der Waals surface area contributed by atoms with Gasteiger partial charge in [0.05, 0.1) is 23.8 Å². The largest absolute Gasteiger partial charge is 0.492 e. The number of nitrogens with zero attached hydrogens (tertiary/aromatic N) is 2. The van der Waals surface area contributed by atoms with Crippen molar-refractivity contribution < 1.29 is 22.7 Å². The summed E-state index contributed by atoms with van der Waals surface area (Å²) >= 11 is 6.12. The number of carbonyl (C=O) groups excluding carboxylic acids is 1. The summed E-state index contributed by atoms with van der Waals surface area (Å²) < 4.78 is 45.0. The highest BCUT2D eigenvalue weighted by Crippen LogP contribution is 2.33. The van der Waals surface area contributed by atoms with Crippen molar-refractivity contribution in [1.82, 2.24) is 15.2 Å². The van der Waals surface area contributed by atoms with E-state index < -0.39 is 17.8 Å². The summed E-state index contributed by atoms with van der Waals surface area (Å²) in [6.07, 6.45) is -1.38. The summed E-state index contributed by atoms with van der Waals surface area (Å²) in [7, 11) is 0. The van der Waals surface area contributed by atoms with Gasteiger partial charge in [0, 0.05) is 17.1 Å². The van der Waals surface area contributed by atoms with Crippen molar-refractivity contribution in [3.05, 3.63) is 94.8 Å². The molecular weight excluding hydrogens is 491 g/mol. The van der Waals surface area contributed by atoms with Gasteiger partial charge < -0.3 is 15.0 Å². The summed E-state index contributed by atoms with van der Waals surface area (Å²) in [5.74, 6) is -0.104. The van der Waals surface area contributed by atoms with E-state index in [-0.39, 0.29) is 30.7 Å².